The first kappa shape index (κ1) is 15.6. The molecule has 0 spiro atoms. The van der Waals surface area contributed by atoms with Crippen LogP contribution in [0, 0.1) is 12.7 Å². The van der Waals surface area contributed by atoms with Crippen LogP contribution in [-0.4, -0.2) is 13.1 Å². The van der Waals surface area contributed by atoms with Crippen LogP contribution in [0.2, 0.25) is 0 Å². The number of nitrogens with one attached hydrogen (secondary N) is 1. The summed E-state index contributed by atoms with van der Waals surface area (Å²) in [4.78, 5) is 2.04. The molecule has 0 saturated heterocycles. The molecule has 114 valence electrons. The van der Waals surface area contributed by atoms with E-state index in [1.165, 1.54) is 12.1 Å². The second kappa shape index (κ2) is 6.76. The van der Waals surface area contributed by atoms with Gasteiger partial charge in [-0.3, -0.25) is 0 Å². The number of rotatable bonds is 6. The Labute approximate surface area is 125 Å². The highest BCUT2D eigenvalue weighted by Crippen LogP contribution is 2.20. The lowest BCUT2D eigenvalue weighted by molar-refractivity contribution is 0.432. The second-order valence-electron chi connectivity index (χ2n) is 5.69. The van der Waals surface area contributed by atoms with Gasteiger partial charge in [-0.25, -0.2) is 4.39 Å². The van der Waals surface area contributed by atoms with E-state index in [0.29, 0.717) is 12.6 Å². The fourth-order valence-electron chi connectivity index (χ4n) is 2.16. The smallest absolute Gasteiger partial charge is 0.123 e. The van der Waals surface area contributed by atoms with Crippen LogP contribution in [0.4, 0.5) is 10.1 Å². The summed E-state index contributed by atoms with van der Waals surface area (Å²) in [5.74, 6) is 1.68. The molecule has 0 amide bonds. The zero-order chi connectivity index (χ0) is 15.4. The molecule has 0 bridgehead atoms. The summed E-state index contributed by atoms with van der Waals surface area (Å²) in [6.07, 6.45) is 0. The monoisotopic (exact) mass is 290 g/mol. The maximum atomic E-state index is 12.9. The summed E-state index contributed by atoms with van der Waals surface area (Å²) < 4.78 is 18.8. The minimum atomic E-state index is -0.219. The lowest BCUT2D eigenvalue weighted by Gasteiger charge is -2.17. The van der Waals surface area contributed by atoms with Crippen LogP contribution < -0.4 is 10.2 Å². The number of anilines is 1. The Morgan fingerprint density at radius 3 is 2.52 bits per heavy atom. The lowest BCUT2D eigenvalue weighted by atomic mass is 10.2. The molecular weight excluding hydrogens is 267 g/mol. The van der Waals surface area contributed by atoms with Crippen molar-refractivity contribution >= 4 is 5.69 Å². The van der Waals surface area contributed by atoms with Crippen molar-refractivity contribution < 1.29 is 8.81 Å². The van der Waals surface area contributed by atoms with Crippen molar-refractivity contribution in [1.82, 2.24) is 5.32 Å². The fraction of sp³-hybridized carbons (Fsp3) is 0.412. The van der Waals surface area contributed by atoms with Gasteiger partial charge in [-0.2, -0.15) is 0 Å². The predicted octanol–water partition coefficient (Wildman–Crippen LogP) is 3.86. The van der Waals surface area contributed by atoms with Crippen LogP contribution in [0.15, 0.2) is 34.7 Å². The van der Waals surface area contributed by atoms with E-state index >= 15 is 0 Å². The SMILES string of the molecule is Cc1cc(CN(C)c2ccc(F)cc2)oc1CNC(C)C. The Bertz CT molecular complexity index is 575. The van der Waals surface area contributed by atoms with Gasteiger partial charge in [-0.15, -0.1) is 0 Å². The molecule has 0 aliphatic rings. The van der Waals surface area contributed by atoms with Crippen LogP contribution in [0.5, 0.6) is 0 Å². The molecule has 0 radical (unpaired) electrons. The van der Waals surface area contributed by atoms with E-state index in [2.05, 4.69) is 32.2 Å². The summed E-state index contributed by atoms with van der Waals surface area (Å²) in [7, 11) is 1.97. The first-order chi connectivity index (χ1) is 9.95. The first-order valence-corrected chi connectivity index (χ1v) is 7.24. The highest BCUT2D eigenvalue weighted by molar-refractivity contribution is 5.45. The molecule has 0 aliphatic heterocycles. The highest BCUT2D eigenvalue weighted by Gasteiger charge is 2.10. The minimum absolute atomic E-state index is 0.219. The van der Waals surface area contributed by atoms with E-state index in [4.69, 9.17) is 4.42 Å². The molecule has 1 N–H and O–H groups in total. The van der Waals surface area contributed by atoms with Crippen molar-refractivity contribution in [3.8, 4) is 0 Å². The van der Waals surface area contributed by atoms with Gasteiger partial charge < -0.3 is 14.6 Å². The van der Waals surface area contributed by atoms with Gasteiger partial charge in [0.1, 0.15) is 17.3 Å². The van der Waals surface area contributed by atoms with E-state index in [0.717, 1.165) is 29.3 Å². The third-order valence-electron chi connectivity index (χ3n) is 3.40. The zero-order valence-electron chi connectivity index (χ0n) is 13.1. The van der Waals surface area contributed by atoms with Gasteiger partial charge in [-0.05, 0) is 42.8 Å². The summed E-state index contributed by atoms with van der Waals surface area (Å²) in [6.45, 7) is 7.68. The van der Waals surface area contributed by atoms with E-state index < -0.39 is 0 Å². The van der Waals surface area contributed by atoms with Crippen LogP contribution in [-0.2, 0) is 13.1 Å². The fourth-order valence-corrected chi connectivity index (χ4v) is 2.16. The number of furan rings is 1. The molecule has 3 nitrogen and oxygen atoms in total. The molecule has 21 heavy (non-hydrogen) atoms. The van der Waals surface area contributed by atoms with Crippen molar-refractivity contribution in [2.75, 3.05) is 11.9 Å². The quantitative estimate of drug-likeness (QED) is 0.875. The maximum Gasteiger partial charge on any atom is 0.123 e. The number of aryl methyl sites for hydroxylation is 1. The van der Waals surface area contributed by atoms with Crippen molar-refractivity contribution in [1.29, 1.82) is 0 Å². The Morgan fingerprint density at radius 2 is 1.90 bits per heavy atom. The molecule has 4 heteroatoms. The number of nitrogens with zero attached hydrogens (tertiary/aromatic N) is 1. The largest absolute Gasteiger partial charge is 0.463 e. The molecule has 1 heterocycles. The van der Waals surface area contributed by atoms with Gasteiger partial charge in [0, 0.05) is 18.8 Å². The third kappa shape index (κ3) is 4.33. The summed E-state index contributed by atoms with van der Waals surface area (Å²) in [6, 6.07) is 8.98. The molecule has 0 unspecified atom stereocenters. The standard InChI is InChI=1S/C17H23FN2O/c1-12(2)19-10-17-13(3)9-16(21-17)11-20(4)15-7-5-14(18)6-8-15/h5-9,12,19H,10-11H2,1-4H3. The van der Waals surface area contributed by atoms with Gasteiger partial charge in [0.25, 0.3) is 0 Å². The molecule has 0 aliphatic carbocycles. The van der Waals surface area contributed by atoms with Crippen LogP contribution in [0.3, 0.4) is 0 Å². The predicted molar refractivity (Wildman–Crippen MR) is 83.9 cm³/mol. The van der Waals surface area contributed by atoms with Gasteiger partial charge in [0.05, 0.1) is 13.1 Å². The number of benzene rings is 1. The van der Waals surface area contributed by atoms with E-state index in [-0.39, 0.29) is 5.82 Å². The molecule has 0 saturated carbocycles. The Morgan fingerprint density at radius 1 is 1.24 bits per heavy atom. The molecule has 2 aromatic rings. The normalized spacial score (nSPS) is 11.1. The molecule has 0 atom stereocenters. The molecule has 0 fully saturated rings. The van der Waals surface area contributed by atoms with Crippen molar-refractivity contribution in [2.24, 2.45) is 0 Å². The second-order valence-corrected chi connectivity index (χ2v) is 5.69. The van der Waals surface area contributed by atoms with Gasteiger partial charge in [0.2, 0.25) is 0 Å². The van der Waals surface area contributed by atoms with Gasteiger partial charge in [-0.1, -0.05) is 13.8 Å². The lowest BCUT2D eigenvalue weighted by Crippen LogP contribution is -2.21. The Hall–Kier alpha value is -1.81. The van der Waals surface area contributed by atoms with E-state index in [1.807, 2.05) is 11.9 Å². The summed E-state index contributed by atoms with van der Waals surface area (Å²) >= 11 is 0. The van der Waals surface area contributed by atoms with Gasteiger partial charge in [0.15, 0.2) is 0 Å². The Kier molecular flexibility index (Phi) is 5.02. The molecule has 1 aromatic heterocycles. The first-order valence-electron chi connectivity index (χ1n) is 7.24. The Balaban J connectivity index is 2.02. The van der Waals surface area contributed by atoms with Gasteiger partial charge >= 0.3 is 0 Å². The average molecular weight is 290 g/mol. The minimum Gasteiger partial charge on any atom is -0.463 e. The van der Waals surface area contributed by atoms with Crippen LogP contribution in [0.1, 0.15) is 30.9 Å². The zero-order valence-corrected chi connectivity index (χ0v) is 13.1. The number of hydrogen-bond acceptors (Lipinski definition) is 3. The topological polar surface area (TPSA) is 28.4 Å². The highest BCUT2D eigenvalue weighted by atomic mass is 19.1. The maximum absolute atomic E-state index is 12.9. The van der Waals surface area contributed by atoms with E-state index in [9.17, 15) is 4.39 Å². The molecular formula is C17H23FN2O. The van der Waals surface area contributed by atoms with Crippen LogP contribution >= 0.6 is 0 Å². The van der Waals surface area contributed by atoms with Crippen molar-refractivity contribution in [2.45, 2.75) is 39.9 Å². The number of halogens is 1. The third-order valence-corrected chi connectivity index (χ3v) is 3.40. The van der Waals surface area contributed by atoms with Crippen molar-refractivity contribution in [3.63, 3.8) is 0 Å². The van der Waals surface area contributed by atoms with Crippen molar-refractivity contribution in [3.05, 3.63) is 53.2 Å². The molecule has 2 rings (SSSR count). The van der Waals surface area contributed by atoms with E-state index in [1.54, 1.807) is 12.1 Å². The summed E-state index contributed by atoms with van der Waals surface area (Å²) in [5.41, 5.74) is 2.12. The average Bonchev–Trinajstić information content (AvgIpc) is 2.77. The summed E-state index contributed by atoms with van der Waals surface area (Å²) in [5, 5.41) is 3.36. The molecule has 1 aromatic carbocycles. The number of hydrogen-bond donors (Lipinski definition) is 1. The van der Waals surface area contributed by atoms with Crippen LogP contribution in [0.25, 0.3) is 0 Å².